The molecular formula is C33H34N4O2S. The lowest BCUT2D eigenvalue weighted by atomic mass is 10.1. The van der Waals surface area contributed by atoms with Crippen LogP contribution in [0.1, 0.15) is 45.3 Å². The molecular weight excluding hydrogens is 516 g/mol. The molecule has 0 N–H and O–H groups in total. The number of amides is 1. The van der Waals surface area contributed by atoms with Crippen LogP contribution in [-0.4, -0.2) is 61.5 Å². The van der Waals surface area contributed by atoms with Crippen LogP contribution in [0.5, 0.6) is 0 Å². The summed E-state index contributed by atoms with van der Waals surface area (Å²) in [5.74, 6) is 0.132. The molecule has 6 rings (SSSR count). The average molecular weight is 551 g/mol. The largest absolute Gasteiger partial charge is 0.372 e. The van der Waals surface area contributed by atoms with Gasteiger partial charge in [-0.05, 0) is 65.8 Å². The van der Waals surface area contributed by atoms with E-state index < -0.39 is 0 Å². The Kier molecular flexibility index (Phi) is 8.10. The summed E-state index contributed by atoms with van der Waals surface area (Å²) in [6.07, 6.45) is 2.39. The van der Waals surface area contributed by atoms with Crippen LogP contribution in [0.2, 0.25) is 0 Å². The number of carbonyl (C=O) groups is 1. The van der Waals surface area contributed by atoms with E-state index in [-0.39, 0.29) is 12.0 Å². The number of piperazine rings is 1. The molecule has 0 radical (unpaired) electrons. The summed E-state index contributed by atoms with van der Waals surface area (Å²) < 4.78 is 7.72. The number of hydrogen-bond donors (Lipinski definition) is 0. The van der Waals surface area contributed by atoms with E-state index in [0.29, 0.717) is 25.3 Å². The smallest absolute Gasteiger partial charge is 0.264 e. The Bertz CT molecular complexity index is 1460. The fraction of sp³-hybridized carbons (Fsp3) is 0.333. The summed E-state index contributed by atoms with van der Waals surface area (Å²) in [5, 5.41) is 10.3. The summed E-state index contributed by atoms with van der Waals surface area (Å²) in [4.78, 5) is 20.9. The Labute approximate surface area is 240 Å². The van der Waals surface area contributed by atoms with Gasteiger partial charge < -0.3 is 14.5 Å². The zero-order valence-electron chi connectivity index (χ0n) is 22.7. The van der Waals surface area contributed by atoms with E-state index >= 15 is 0 Å². The molecule has 0 aliphatic carbocycles. The monoisotopic (exact) mass is 550 g/mol. The standard InChI is InChI=1S/C33H34N4O2S/c34-22-25-10-12-26(13-11-25)24-39-30(27-7-5-8-29(20-27)36-14-3-4-15-36)23-35-16-18-37(19-17-35)33(38)32-21-28-6-1-2-9-31(28)40-32/h1-2,5-13,20-21,30H,3-4,14-19,23-24H2/t30-/m1/s1. The highest BCUT2D eigenvalue weighted by atomic mass is 32.1. The lowest BCUT2D eigenvalue weighted by molar-refractivity contribution is 0.00349. The lowest BCUT2D eigenvalue weighted by Gasteiger charge is -2.36. The number of carbonyl (C=O) groups excluding carboxylic acids is 1. The van der Waals surface area contributed by atoms with Gasteiger partial charge in [-0.15, -0.1) is 11.3 Å². The second-order valence-electron chi connectivity index (χ2n) is 10.6. The molecule has 0 bridgehead atoms. The van der Waals surface area contributed by atoms with Crippen LogP contribution in [0, 0.1) is 11.3 Å². The van der Waals surface area contributed by atoms with Crippen LogP contribution in [0.25, 0.3) is 10.1 Å². The molecule has 2 fully saturated rings. The quantitative estimate of drug-likeness (QED) is 0.266. The predicted octanol–water partition coefficient (Wildman–Crippen LogP) is 6.09. The van der Waals surface area contributed by atoms with Crippen molar-refractivity contribution in [2.45, 2.75) is 25.6 Å². The Morgan fingerprint density at radius 1 is 0.900 bits per heavy atom. The average Bonchev–Trinajstić information content (AvgIpc) is 3.70. The van der Waals surface area contributed by atoms with Gasteiger partial charge in [-0.1, -0.05) is 42.5 Å². The van der Waals surface area contributed by atoms with Gasteiger partial charge in [0.2, 0.25) is 0 Å². The minimum atomic E-state index is -0.0944. The molecule has 0 unspecified atom stereocenters. The molecule has 40 heavy (non-hydrogen) atoms. The molecule has 2 saturated heterocycles. The van der Waals surface area contributed by atoms with E-state index in [1.165, 1.54) is 24.1 Å². The van der Waals surface area contributed by atoms with Crippen molar-refractivity contribution in [2.75, 3.05) is 50.7 Å². The van der Waals surface area contributed by atoms with Crippen LogP contribution in [0.4, 0.5) is 5.69 Å². The first-order chi connectivity index (χ1) is 19.7. The number of thiophene rings is 1. The van der Waals surface area contributed by atoms with Crippen molar-refractivity contribution in [3.8, 4) is 6.07 Å². The third-order valence-corrected chi connectivity index (χ3v) is 9.07. The highest BCUT2D eigenvalue weighted by molar-refractivity contribution is 7.20. The van der Waals surface area contributed by atoms with Crippen molar-refractivity contribution in [1.82, 2.24) is 9.80 Å². The third kappa shape index (κ3) is 6.05. The Hall–Kier alpha value is -3.70. The molecule has 2 aliphatic heterocycles. The van der Waals surface area contributed by atoms with Gasteiger partial charge in [0.05, 0.1) is 29.2 Å². The van der Waals surface area contributed by atoms with Crippen LogP contribution in [0.15, 0.2) is 78.9 Å². The van der Waals surface area contributed by atoms with Crippen LogP contribution < -0.4 is 4.90 Å². The van der Waals surface area contributed by atoms with Crippen LogP contribution in [0.3, 0.4) is 0 Å². The summed E-state index contributed by atoms with van der Waals surface area (Å²) >= 11 is 1.58. The number of rotatable bonds is 8. The normalized spacial score (nSPS) is 16.8. The second-order valence-corrected chi connectivity index (χ2v) is 11.7. The molecule has 1 aromatic heterocycles. The molecule has 0 spiro atoms. The molecule has 0 saturated carbocycles. The molecule has 2 aliphatic rings. The van der Waals surface area contributed by atoms with E-state index in [1.807, 2.05) is 47.4 Å². The van der Waals surface area contributed by atoms with Gasteiger partial charge in [0.1, 0.15) is 0 Å². The summed E-state index contributed by atoms with van der Waals surface area (Å²) in [5.41, 5.74) is 4.16. The first-order valence-corrected chi connectivity index (χ1v) is 14.9. The Morgan fingerprint density at radius 3 is 2.42 bits per heavy atom. The van der Waals surface area contributed by atoms with Crippen molar-refractivity contribution < 1.29 is 9.53 Å². The minimum Gasteiger partial charge on any atom is -0.372 e. The Balaban J connectivity index is 1.13. The third-order valence-electron chi connectivity index (χ3n) is 7.97. The van der Waals surface area contributed by atoms with Crippen molar-refractivity contribution in [3.05, 3.63) is 100 Å². The SMILES string of the molecule is N#Cc1ccc(CO[C@H](CN2CCN(C(=O)c3cc4ccccc4s3)CC2)c2cccc(N3CCCC3)c2)cc1. The van der Waals surface area contributed by atoms with Crippen LogP contribution in [-0.2, 0) is 11.3 Å². The number of anilines is 1. The molecule has 1 amide bonds. The van der Waals surface area contributed by atoms with Gasteiger partial charge in [-0.25, -0.2) is 0 Å². The number of ether oxygens (including phenoxy) is 1. The van der Waals surface area contributed by atoms with Gasteiger partial charge in [-0.2, -0.15) is 5.26 Å². The maximum Gasteiger partial charge on any atom is 0.264 e. The van der Waals surface area contributed by atoms with E-state index in [2.05, 4.69) is 52.3 Å². The number of nitrogens with zero attached hydrogens (tertiary/aromatic N) is 4. The molecule has 1 atom stereocenters. The van der Waals surface area contributed by atoms with E-state index in [9.17, 15) is 4.79 Å². The molecule has 6 nitrogen and oxygen atoms in total. The van der Waals surface area contributed by atoms with Gasteiger partial charge >= 0.3 is 0 Å². The maximum absolute atomic E-state index is 13.3. The van der Waals surface area contributed by atoms with Gasteiger partial charge in [0, 0.05) is 56.2 Å². The molecule has 3 heterocycles. The van der Waals surface area contributed by atoms with Crippen molar-refractivity contribution in [3.63, 3.8) is 0 Å². The van der Waals surface area contributed by atoms with Gasteiger partial charge in [-0.3, -0.25) is 9.69 Å². The van der Waals surface area contributed by atoms with Crippen molar-refractivity contribution in [1.29, 1.82) is 5.26 Å². The predicted molar refractivity (Wildman–Crippen MR) is 161 cm³/mol. The van der Waals surface area contributed by atoms with Crippen LogP contribution >= 0.6 is 11.3 Å². The minimum absolute atomic E-state index is 0.0944. The van der Waals surface area contributed by atoms with Crippen molar-refractivity contribution >= 4 is 33.0 Å². The zero-order chi connectivity index (χ0) is 27.3. The summed E-state index contributed by atoms with van der Waals surface area (Å²) in [6.45, 7) is 6.52. The number of benzene rings is 3. The molecule has 7 heteroatoms. The van der Waals surface area contributed by atoms with E-state index in [0.717, 1.165) is 53.3 Å². The second kappa shape index (κ2) is 12.2. The first-order valence-electron chi connectivity index (χ1n) is 14.1. The highest BCUT2D eigenvalue weighted by Crippen LogP contribution is 2.29. The topological polar surface area (TPSA) is 59.8 Å². The van der Waals surface area contributed by atoms with Crippen molar-refractivity contribution in [2.24, 2.45) is 0 Å². The first kappa shape index (κ1) is 26.5. The molecule has 4 aromatic rings. The number of hydrogen-bond acceptors (Lipinski definition) is 6. The fourth-order valence-electron chi connectivity index (χ4n) is 5.63. The maximum atomic E-state index is 13.3. The highest BCUT2D eigenvalue weighted by Gasteiger charge is 2.26. The molecule has 3 aromatic carbocycles. The Morgan fingerprint density at radius 2 is 1.68 bits per heavy atom. The zero-order valence-corrected chi connectivity index (χ0v) is 23.5. The summed E-state index contributed by atoms with van der Waals surface area (Å²) in [7, 11) is 0. The number of nitriles is 1. The molecule has 204 valence electrons. The van der Waals surface area contributed by atoms with E-state index in [1.54, 1.807) is 11.3 Å². The summed E-state index contributed by atoms with van der Waals surface area (Å²) in [6, 6.07) is 28.8. The van der Waals surface area contributed by atoms with E-state index in [4.69, 9.17) is 10.00 Å². The number of fused-ring (bicyclic) bond motifs is 1. The van der Waals surface area contributed by atoms with Gasteiger partial charge in [0.25, 0.3) is 5.91 Å². The lowest BCUT2D eigenvalue weighted by Crippen LogP contribution is -2.49. The fourth-order valence-corrected chi connectivity index (χ4v) is 6.67. The van der Waals surface area contributed by atoms with Gasteiger partial charge in [0.15, 0.2) is 0 Å².